The number of para-hydroxylation sites is 1. The zero-order valence-electron chi connectivity index (χ0n) is 10.6. The summed E-state index contributed by atoms with van der Waals surface area (Å²) in [6, 6.07) is 20.6. The van der Waals surface area contributed by atoms with Crippen LogP contribution in [0.15, 0.2) is 60.7 Å². The third kappa shape index (κ3) is 2.33. The van der Waals surface area contributed by atoms with Gasteiger partial charge < -0.3 is 0 Å². The van der Waals surface area contributed by atoms with E-state index < -0.39 is 0 Å². The molecule has 0 aliphatic carbocycles. The van der Waals surface area contributed by atoms with Gasteiger partial charge in [-0.3, -0.25) is 4.84 Å². The molecule has 0 unspecified atom stereocenters. The number of benzene rings is 2. The largest absolute Gasteiger partial charge is 0.256 e. The Bertz CT molecular complexity index is 526. The Kier molecular flexibility index (Phi) is 3.22. The highest BCUT2D eigenvalue weighted by Crippen LogP contribution is 2.37. The smallest absolute Gasteiger partial charge is 0.148 e. The molecular weight excluding hydrogens is 234 g/mol. The van der Waals surface area contributed by atoms with Gasteiger partial charge in [-0.25, -0.2) is 5.06 Å². The molecule has 0 amide bonds. The molecule has 19 heavy (non-hydrogen) atoms. The van der Waals surface area contributed by atoms with Gasteiger partial charge in [0.2, 0.25) is 0 Å². The molecule has 0 spiro atoms. The minimum absolute atomic E-state index is 0.162. The minimum atomic E-state index is -0.162. The van der Waals surface area contributed by atoms with Crippen molar-refractivity contribution in [1.82, 2.24) is 0 Å². The standard InChI is InChI=1S/C17H15NO/c1-2-16-13-17(14-9-5-3-6-10-14)18(19-16)15-11-7-4-8-12-15/h1,3-12,16-17H,13H2/t16-,17-/m1/s1. The zero-order valence-corrected chi connectivity index (χ0v) is 10.6. The van der Waals surface area contributed by atoms with Crippen LogP contribution in [0.1, 0.15) is 18.0 Å². The average Bonchev–Trinajstić information content (AvgIpc) is 2.93. The topological polar surface area (TPSA) is 12.5 Å². The van der Waals surface area contributed by atoms with Crippen molar-refractivity contribution in [2.45, 2.75) is 18.6 Å². The molecule has 2 heteroatoms. The van der Waals surface area contributed by atoms with Gasteiger partial charge >= 0.3 is 0 Å². The summed E-state index contributed by atoms with van der Waals surface area (Å²) < 4.78 is 0. The van der Waals surface area contributed by atoms with Gasteiger partial charge in [-0.15, -0.1) is 6.42 Å². The van der Waals surface area contributed by atoms with Crippen molar-refractivity contribution in [2.75, 3.05) is 5.06 Å². The van der Waals surface area contributed by atoms with Crippen molar-refractivity contribution in [3.8, 4) is 12.3 Å². The molecular formula is C17H15NO. The number of nitrogens with zero attached hydrogens (tertiary/aromatic N) is 1. The molecule has 3 rings (SSSR count). The van der Waals surface area contributed by atoms with Crippen LogP contribution in [0.5, 0.6) is 0 Å². The summed E-state index contributed by atoms with van der Waals surface area (Å²) >= 11 is 0. The molecule has 2 nitrogen and oxygen atoms in total. The van der Waals surface area contributed by atoms with Gasteiger partial charge in [-0.05, 0) is 17.7 Å². The summed E-state index contributed by atoms with van der Waals surface area (Å²) in [7, 11) is 0. The normalized spacial score (nSPS) is 22.2. The van der Waals surface area contributed by atoms with Crippen molar-refractivity contribution in [1.29, 1.82) is 0 Å². The quantitative estimate of drug-likeness (QED) is 0.754. The van der Waals surface area contributed by atoms with Gasteiger partial charge in [-0.2, -0.15) is 0 Å². The summed E-state index contributed by atoms with van der Waals surface area (Å²) in [6.07, 6.45) is 6.17. The maximum Gasteiger partial charge on any atom is 0.148 e. The Morgan fingerprint density at radius 2 is 1.63 bits per heavy atom. The number of terminal acetylenes is 1. The van der Waals surface area contributed by atoms with Crippen LogP contribution in [0.2, 0.25) is 0 Å². The number of hydrogen-bond donors (Lipinski definition) is 0. The lowest BCUT2D eigenvalue weighted by Gasteiger charge is -2.24. The summed E-state index contributed by atoms with van der Waals surface area (Å²) in [5.74, 6) is 2.70. The van der Waals surface area contributed by atoms with Crippen molar-refractivity contribution in [3.05, 3.63) is 66.2 Å². The number of rotatable bonds is 2. The molecule has 2 aromatic rings. The predicted octanol–water partition coefficient (Wildman–Crippen LogP) is 3.57. The molecule has 1 aliphatic heterocycles. The van der Waals surface area contributed by atoms with Crippen molar-refractivity contribution < 1.29 is 4.84 Å². The molecule has 1 heterocycles. The minimum Gasteiger partial charge on any atom is -0.256 e. The lowest BCUT2D eigenvalue weighted by molar-refractivity contribution is 0.119. The molecule has 1 fully saturated rings. The Morgan fingerprint density at radius 3 is 2.26 bits per heavy atom. The third-order valence-electron chi connectivity index (χ3n) is 3.34. The fourth-order valence-corrected chi connectivity index (χ4v) is 2.41. The van der Waals surface area contributed by atoms with E-state index in [0.29, 0.717) is 0 Å². The average molecular weight is 249 g/mol. The van der Waals surface area contributed by atoms with E-state index in [9.17, 15) is 0 Å². The molecule has 1 aliphatic rings. The highest BCUT2D eigenvalue weighted by atomic mass is 16.7. The summed E-state index contributed by atoms with van der Waals surface area (Å²) in [6.45, 7) is 0. The molecule has 0 bridgehead atoms. The monoisotopic (exact) mass is 249 g/mol. The second kappa shape index (κ2) is 5.17. The van der Waals surface area contributed by atoms with E-state index in [1.807, 2.05) is 53.6 Å². The zero-order chi connectivity index (χ0) is 13.1. The van der Waals surface area contributed by atoms with Crippen LogP contribution in [-0.4, -0.2) is 6.10 Å². The Morgan fingerprint density at radius 1 is 1.00 bits per heavy atom. The van der Waals surface area contributed by atoms with Gasteiger partial charge in [0.15, 0.2) is 0 Å². The first-order chi connectivity index (χ1) is 9.38. The first-order valence-corrected chi connectivity index (χ1v) is 6.40. The Hall–Kier alpha value is -2.24. The first-order valence-electron chi connectivity index (χ1n) is 6.40. The third-order valence-corrected chi connectivity index (χ3v) is 3.34. The fourth-order valence-electron chi connectivity index (χ4n) is 2.41. The predicted molar refractivity (Wildman–Crippen MR) is 76.4 cm³/mol. The number of hydroxylamine groups is 1. The van der Waals surface area contributed by atoms with Crippen molar-refractivity contribution >= 4 is 5.69 Å². The molecule has 0 N–H and O–H groups in total. The number of anilines is 1. The van der Waals surface area contributed by atoms with Crippen LogP contribution in [0.3, 0.4) is 0 Å². The van der Waals surface area contributed by atoms with Crippen LogP contribution in [0, 0.1) is 12.3 Å². The summed E-state index contributed by atoms with van der Waals surface area (Å²) in [5.41, 5.74) is 2.26. The van der Waals surface area contributed by atoms with E-state index in [4.69, 9.17) is 11.3 Å². The van der Waals surface area contributed by atoms with Crippen LogP contribution in [0.4, 0.5) is 5.69 Å². The molecule has 0 radical (unpaired) electrons. The summed E-state index contributed by atoms with van der Waals surface area (Å²) in [4.78, 5) is 5.86. The highest BCUT2D eigenvalue weighted by molar-refractivity contribution is 5.47. The molecule has 0 saturated carbocycles. The van der Waals surface area contributed by atoms with E-state index in [1.54, 1.807) is 0 Å². The Labute approximate surface area is 113 Å². The molecule has 2 aromatic carbocycles. The second-order valence-electron chi connectivity index (χ2n) is 4.58. The molecule has 0 aromatic heterocycles. The fraction of sp³-hybridized carbons (Fsp3) is 0.176. The lowest BCUT2D eigenvalue weighted by Crippen LogP contribution is -2.21. The van der Waals surface area contributed by atoms with Crippen molar-refractivity contribution in [2.24, 2.45) is 0 Å². The van der Waals surface area contributed by atoms with Crippen LogP contribution < -0.4 is 5.06 Å². The highest BCUT2D eigenvalue weighted by Gasteiger charge is 2.33. The van der Waals surface area contributed by atoms with Gasteiger partial charge in [0, 0.05) is 6.42 Å². The van der Waals surface area contributed by atoms with E-state index in [1.165, 1.54) is 5.56 Å². The molecule has 1 saturated heterocycles. The van der Waals surface area contributed by atoms with Gasteiger partial charge in [0.05, 0.1) is 11.7 Å². The second-order valence-corrected chi connectivity index (χ2v) is 4.58. The van der Waals surface area contributed by atoms with Gasteiger partial charge in [0.25, 0.3) is 0 Å². The summed E-state index contributed by atoms with van der Waals surface area (Å²) in [5, 5.41) is 1.93. The van der Waals surface area contributed by atoms with E-state index >= 15 is 0 Å². The maximum absolute atomic E-state index is 5.86. The molecule has 2 atom stereocenters. The SMILES string of the molecule is C#C[C@@H]1C[C@H](c2ccccc2)N(c2ccccc2)O1. The van der Waals surface area contributed by atoms with Crippen LogP contribution in [0.25, 0.3) is 0 Å². The van der Waals surface area contributed by atoms with E-state index in [0.717, 1.165) is 12.1 Å². The van der Waals surface area contributed by atoms with Crippen molar-refractivity contribution in [3.63, 3.8) is 0 Å². The lowest BCUT2D eigenvalue weighted by atomic mass is 10.0. The van der Waals surface area contributed by atoms with E-state index in [-0.39, 0.29) is 12.1 Å². The first kappa shape index (κ1) is 11.8. The van der Waals surface area contributed by atoms with E-state index in [2.05, 4.69) is 18.1 Å². The molecule has 94 valence electrons. The number of hydrogen-bond acceptors (Lipinski definition) is 2. The maximum atomic E-state index is 5.86. The van der Waals surface area contributed by atoms with Gasteiger partial charge in [-0.1, -0.05) is 54.5 Å². The van der Waals surface area contributed by atoms with Gasteiger partial charge in [0.1, 0.15) is 6.10 Å². The Balaban J connectivity index is 1.95. The van der Waals surface area contributed by atoms with Crippen LogP contribution >= 0.6 is 0 Å². The van der Waals surface area contributed by atoms with Crippen LogP contribution in [-0.2, 0) is 4.84 Å².